The summed E-state index contributed by atoms with van der Waals surface area (Å²) in [6.45, 7) is 5.95. The van der Waals surface area contributed by atoms with Crippen molar-refractivity contribution in [1.82, 2.24) is 5.32 Å². The zero-order valence-electron chi connectivity index (χ0n) is 12.6. The number of hydrogen-bond donors (Lipinski definition) is 3. The van der Waals surface area contributed by atoms with Gasteiger partial charge in [0.15, 0.2) is 5.84 Å². The number of nitrogens with two attached hydrogens (primary N) is 1. The monoisotopic (exact) mass is 297 g/mol. The molecule has 0 saturated carbocycles. The molecule has 4 N–H and O–H groups in total. The molecule has 1 aromatic rings. The summed E-state index contributed by atoms with van der Waals surface area (Å²) < 4.78 is 19.5. The van der Waals surface area contributed by atoms with Gasteiger partial charge >= 0.3 is 0 Å². The van der Waals surface area contributed by atoms with E-state index >= 15 is 0 Å². The number of unbranched alkanes of at least 4 members (excludes halogenated alkanes) is 1. The third-order valence-corrected chi connectivity index (χ3v) is 2.98. The van der Waals surface area contributed by atoms with E-state index in [9.17, 15) is 4.39 Å². The number of halogens is 1. The van der Waals surface area contributed by atoms with Crippen molar-refractivity contribution < 1.29 is 14.3 Å². The molecule has 0 spiro atoms. The molecule has 0 aromatic heterocycles. The molecule has 0 aliphatic carbocycles. The molecule has 0 radical (unpaired) electrons. The fourth-order valence-electron chi connectivity index (χ4n) is 1.86. The lowest BCUT2D eigenvalue weighted by atomic mass is 10.1. The summed E-state index contributed by atoms with van der Waals surface area (Å²) in [7, 11) is 0. The molecule has 0 aliphatic rings. The van der Waals surface area contributed by atoms with Crippen molar-refractivity contribution in [3.05, 3.63) is 35.1 Å². The minimum absolute atomic E-state index is 0.113. The fraction of sp³-hybridized carbons (Fsp3) is 0.533. The molecule has 0 bridgehead atoms. The van der Waals surface area contributed by atoms with Crippen LogP contribution in [0, 0.1) is 5.82 Å². The van der Waals surface area contributed by atoms with Crippen LogP contribution in [0.1, 0.15) is 37.8 Å². The van der Waals surface area contributed by atoms with Gasteiger partial charge in [0.2, 0.25) is 0 Å². The predicted molar refractivity (Wildman–Crippen MR) is 80.9 cm³/mol. The molecule has 0 heterocycles. The third-order valence-electron chi connectivity index (χ3n) is 2.98. The normalized spacial score (nSPS) is 12.1. The lowest BCUT2D eigenvalue weighted by Gasteiger charge is -2.09. The maximum absolute atomic E-state index is 14.1. The number of benzene rings is 1. The minimum Gasteiger partial charge on any atom is -0.409 e. The average Bonchev–Trinajstić information content (AvgIpc) is 2.46. The van der Waals surface area contributed by atoms with Gasteiger partial charge in [0.05, 0.1) is 11.7 Å². The van der Waals surface area contributed by atoms with Crippen LogP contribution in [-0.4, -0.2) is 30.3 Å². The highest BCUT2D eigenvalue weighted by atomic mass is 19.1. The van der Waals surface area contributed by atoms with Crippen molar-refractivity contribution in [1.29, 1.82) is 0 Å². The first kappa shape index (κ1) is 17.4. The first-order valence-corrected chi connectivity index (χ1v) is 7.14. The van der Waals surface area contributed by atoms with E-state index in [-0.39, 0.29) is 17.5 Å². The van der Waals surface area contributed by atoms with Crippen LogP contribution in [0.3, 0.4) is 0 Å². The largest absolute Gasteiger partial charge is 0.409 e. The molecular weight excluding hydrogens is 273 g/mol. The number of hydrogen-bond acceptors (Lipinski definition) is 4. The Balaban J connectivity index is 2.36. The maximum atomic E-state index is 14.1. The number of nitrogens with zero attached hydrogens (tertiary/aromatic N) is 1. The molecule has 6 heteroatoms. The van der Waals surface area contributed by atoms with Crippen molar-refractivity contribution in [3.8, 4) is 0 Å². The lowest BCUT2D eigenvalue weighted by molar-refractivity contribution is 0.0760. The topological polar surface area (TPSA) is 79.9 Å². The van der Waals surface area contributed by atoms with Crippen LogP contribution >= 0.6 is 0 Å². The van der Waals surface area contributed by atoms with Crippen molar-refractivity contribution in [3.63, 3.8) is 0 Å². The van der Waals surface area contributed by atoms with E-state index in [1.165, 1.54) is 6.07 Å². The van der Waals surface area contributed by atoms with E-state index in [0.717, 1.165) is 26.0 Å². The number of oxime groups is 1. The average molecular weight is 297 g/mol. The molecule has 0 unspecified atom stereocenters. The Hall–Kier alpha value is -1.66. The van der Waals surface area contributed by atoms with Crippen LogP contribution in [0.2, 0.25) is 0 Å². The number of nitrogens with one attached hydrogen (secondary N) is 1. The van der Waals surface area contributed by atoms with Crippen molar-refractivity contribution in [2.45, 2.75) is 39.3 Å². The summed E-state index contributed by atoms with van der Waals surface area (Å²) in [5.74, 6) is -0.677. The molecule has 0 atom stereocenters. The zero-order valence-corrected chi connectivity index (χ0v) is 12.6. The van der Waals surface area contributed by atoms with Gasteiger partial charge in [0.1, 0.15) is 5.82 Å². The minimum atomic E-state index is -0.455. The second-order valence-electron chi connectivity index (χ2n) is 5.07. The first-order valence-electron chi connectivity index (χ1n) is 7.14. The Bertz CT molecular complexity index is 464. The molecule has 0 aliphatic heterocycles. The Labute approximate surface area is 125 Å². The van der Waals surface area contributed by atoms with Crippen molar-refractivity contribution >= 4 is 5.84 Å². The lowest BCUT2D eigenvalue weighted by Crippen LogP contribution is -2.19. The van der Waals surface area contributed by atoms with E-state index in [2.05, 4.69) is 10.5 Å². The van der Waals surface area contributed by atoms with E-state index in [1.807, 2.05) is 13.8 Å². The van der Waals surface area contributed by atoms with Crippen LogP contribution in [0.5, 0.6) is 0 Å². The third kappa shape index (κ3) is 6.10. The van der Waals surface area contributed by atoms with Gasteiger partial charge < -0.3 is 21.0 Å². The summed E-state index contributed by atoms with van der Waals surface area (Å²) in [5, 5.41) is 14.6. The van der Waals surface area contributed by atoms with Crippen LogP contribution in [-0.2, 0) is 11.3 Å². The molecule has 0 amide bonds. The maximum Gasteiger partial charge on any atom is 0.173 e. The molecule has 1 aromatic carbocycles. The van der Waals surface area contributed by atoms with E-state index in [1.54, 1.807) is 12.1 Å². The van der Waals surface area contributed by atoms with Gasteiger partial charge in [-0.3, -0.25) is 0 Å². The van der Waals surface area contributed by atoms with E-state index in [4.69, 9.17) is 15.7 Å². The summed E-state index contributed by atoms with van der Waals surface area (Å²) in [6.07, 6.45) is 2.19. The fourth-order valence-corrected chi connectivity index (χ4v) is 1.86. The molecule has 118 valence electrons. The quantitative estimate of drug-likeness (QED) is 0.215. The highest BCUT2D eigenvalue weighted by Gasteiger charge is 2.10. The molecule has 0 saturated heterocycles. The molecule has 21 heavy (non-hydrogen) atoms. The van der Waals surface area contributed by atoms with Crippen LogP contribution in [0.25, 0.3) is 0 Å². The highest BCUT2D eigenvalue weighted by molar-refractivity contribution is 5.97. The summed E-state index contributed by atoms with van der Waals surface area (Å²) in [4.78, 5) is 0. The second kappa shape index (κ2) is 9.31. The van der Waals surface area contributed by atoms with Gasteiger partial charge in [-0.05, 0) is 39.3 Å². The van der Waals surface area contributed by atoms with Gasteiger partial charge in [-0.2, -0.15) is 0 Å². The van der Waals surface area contributed by atoms with Crippen LogP contribution < -0.4 is 11.1 Å². The standard InChI is InChI=1S/C15H24FN3O2/c1-11(2)21-9-4-3-8-18-10-12-6-5-7-13(14(12)16)15(17)19-20/h5-7,11,18,20H,3-4,8-10H2,1-2H3,(H2,17,19). The molecule has 5 nitrogen and oxygen atoms in total. The van der Waals surface area contributed by atoms with Gasteiger partial charge in [-0.15, -0.1) is 0 Å². The molecule has 1 rings (SSSR count). The van der Waals surface area contributed by atoms with Gasteiger partial charge in [-0.1, -0.05) is 17.3 Å². The van der Waals surface area contributed by atoms with Crippen molar-refractivity contribution in [2.75, 3.05) is 13.2 Å². The number of rotatable bonds is 9. The number of ether oxygens (including phenoxy) is 1. The van der Waals surface area contributed by atoms with Crippen molar-refractivity contribution in [2.24, 2.45) is 10.9 Å². The second-order valence-corrected chi connectivity index (χ2v) is 5.07. The van der Waals surface area contributed by atoms with Gasteiger partial charge in [0, 0.05) is 18.7 Å². The smallest absolute Gasteiger partial charge is 0.173 e. The van der Waals surface area contributed by atoms with E-state index < -0.39 is 5.82 Å². The number of amidine groups is 1. The highest BCUT2D eigenvalue weighted by Crippen LogP contribution is 2.12. The summed E-state index contributed by atoms with van der Waals surface area (Å²) >= 11 is 0. The van der Waals surface area contributed by atoms with Crippen LogP contribution in [0.15, 0.2) is 23.4 Å². The SMILES string of the molecule is CC(C)OCCCCNCc1cccc(/C(N)=N/O)c1F. The molecular formula is C15H24FN3O2. The Kier molecular flexibility index (Phi) is 7.71. The Morgan fingerprint density at radius 2 is 2.19 bits per heavy atom. The first-order chi connectivity index (χ1) is 10.1. The molecule has 0 fully saturated rings. The predicted octanol–water partition coefficient (Wildman–Crippen LogP) is 2.21. The van der Waals surface area contributed by atoms with Gasteiger partial charge in [0.25, 0.3) is 0 Å². The zero-order chi connectivity index (χ0) is 15.7. The van der Waals surface area contributed by atoms with Crippen LogP contribution in [0.4, 0.5) is 4.39 Å². The Morgan fingerprint density at radius 3 is 2.86 bits per heavy atom. The summed E-state index contributed by atoms with van der Waals surface area (Å²) in [5.41, 5.74) is 6.03. The Morgan fingerprint density at radius 1 is 1.43 bits per heavy atom. The van der Waals surface area contributed by atoms with Gasteiger partial charge in [-0.25, -0.2) is 4.39 Å². The van der Waals surface area contributed by atoms with E-state index in [0.29, 0.717) is 12.1 Å². The summed E-state index contributed by atoms with van der Waals surface area (Å²) in [6, 6.07) is 4.85.